The van der Waals surface area contributed by atoms with Crippen LogP contribution in [0, 0.1) is 0 Å². The van der Waals surface area contributed by atoms with E-state index in [1.165, 1.54) is 5.56 Å². The first-order chi connectivity index (χ1) is 7.69. The number of benzene rings is 1. The summed E-state index contributed by atoms with van der Waals surface area (Å²) in [6, 6.07) is 9.09. The summed E-state index contributed by atoms with van der Waals surface area (Å²) in [4.78, 5) is 2.39. The summed E-state index contributed by atoms with van der Waals surface area (Å²) in [5, 5.41) is 0. The molecule has 1 rings (SSSR count). The molecule has 0 saturated heterocycles. The average molecular weight is 285 g/mol. The van der Waals surface area contributed by atoms with Crippen molar-refractivity contribution in [2.24, 2.45) is 5.73 Å². The van der Waals surface area contributed by atoms with E-state index >= 15 is 0 Å². The minimum absolute atomic E-state index is 0.500. The maximum atomic E-state index is 5.54. The molecule has 1 unspecified atom stereocenters. The molecule has 1 atom stereocenters. The molecular formula is C13H21BrN2. The first-order valence-electron chi connectivity index (χ1n) is 5.84. The Bertz CT molecular complexity index is 297. The summed E-state index contributed by atoms with van der Waals surface area (Å²) in [6.45, 7) is 4.05. The molecule has 0 heterocycles. The number of rotatable bonds is 6. The third kappa shape index (κ3) is 3.89. The predicted octanol–water partition coefficient (Wildman–Crippen LogP) is 3.18. The summed E-state index contributed by atoms with van der Waals surface area (Å²) >= 11 is 3.47. The number of halogens is 1. The highest BCUT2D eigenvalue weighted by Crippen LogP contribution is 2.24. The first kappa shape index (κ1) is 13.7. The van der Waals surface area contributed by atoms with E-state index in [-0.39, 0.29) is 0 Å². The summed E-state index contributed by atoms with van der Waals surface area (Å²) in [5.41, 5.74) is 6.92. The largest absolute Gasteiger partial charge is 0.330 e. The number of hydrogen-bond donors (Lipinski definition) is 1. The molecule has 0 saturated carbocycles. The predicted molar refractivity (Wildman–Crippen MR) is 73.5 cm³/mol. The van der Waals surface area contributed by atoms with E-state index in [2.05, 4.69) is 59.1 Å². The summed E-state index contributed by atoms with van der Waals surface area (Å²) in [6.07, 6.45) is 2.19. The summed E-state index contributed by atoms with van der Waals surface area (Å²) < 4.78 is 1.13. The van der Waals surface area contributed by atoms with Gasteiger partial charge < -0.3 is 5.73 Å². The molecule has 0 amide bonds. The Hall–Kier alpha value is -0.380. The highest BCUT2D eigenvalue weighted by atomic mass is 79.9. The van der Waals surface area contributed by atoms with Gasteiger partial charge in [-0.3, -0.25) is 4.90 Å². The third-order valence-electron chi connectivity index (χ3n) is 2.89. The van der Waals surface area contributed by atoms with Crippen LogP contribution in [0.15, 0.2) is 28.7 Å². The maximum absolute atomic E-state index is 5.54. The molecule has 2 N–H and O–H groups in total. The molecule has 0 aliphatic rings. The van der Waals surface area contributed by atoms with Crippen LogP contribution in [0.1, 0.15) is 31.4 Å². The number of nitrogens with two attached hydrogens (primary N) is 1. The summed E-state index contributed by atoms with van der Waals surface area (Å²) in [7, 11) is 2.17. The van der Waals surface area contributed by atoms with Crippen molar-refractivity contribution >= 4 is 15.9 Å². The Morgan fingerprint density at radius 2 is 1.94 bits per heavy atom. The van der Waals surface area contributed by atoms with Crippen LogP contribution in [0.3, 0.4) is 0 Å². The molecule has 0 radical (unpaired) electrons. The lowest BCUT2D eigenvalue weighted by molar-refractivity contribution is 0.237. The molecular weight excluding hydrogens is 264 g/mol. The highest BCUT2D eigenvalue weighted by molar-refractivity contribution is 9.10. The monoisotopic (exact) mass is 284 g/mol. The molecule has 0 aromatic heterocycles. The smallest absolute Gasteiger partial charge is 0.0342 e. The van der Waals surface area contributed by atoms with E-state index in [1.807, 2.05) is 0 Å². The van der Waals surface area contributed by atoms with Gasteiger partial charge in [-0.25, -0.2) is 0 Å². The van der Waals surface area contributed by atoms with Crippen LogP contribution >= 0.6 is 15.9 Å². The Morgan fingerprint density at radius 3 is 2.44 bits per heavy atom. The number of nitrogens with zero attached hydrogens (tertiary/aromatic N) is 1. The van der Waals surface area contributed by atoms with Gasteiger partial charge in [0.05, 0.1) is 0 Å². The van der Waals surface area contributed by atoms with Gasteiger partial charge >= 0.3 is 0 Å². The minimum atomic E-state index is 0.500. The van der Waals surface area contributed by atoms with Crippen molar-refractivity contribution < 1.29 is 0 Å². The maximum Gasteiger partial charge on any atom is 0.0342 e. The van der Waals surface area contributed by atoms with Gasteiger partial charge in [0.15, 0.2) is 0 Å². The van der Waals surface area contributed by atoms with Gasteiger partial charge in [-0.15, -0.1) is 0 Å². The average Bonchev–Trinajstić information content (AvgIpc) is 2.30. The van der Waals surface area contributed by atoms with Crippen LogP contribution in [-0.2, 0) is 0 Å². The lowest BCUT2D eigenvalue weighted by Crippen LogP contribution is -2.26. The molecule has 2 nitrogen and oxygen atoms in total. The molecule has 1 aromatic carbocycles. The normalized spacial score (nSPS) is 13.1. The van der Waals surface area contributed by atoms with Crippen molar-refractivity contribution in [2.75, 3.05) is 20.1 Å². The van der Waals surface area contributed by atoms with E-state index in [0.29, 0.717) is 6.04 Å². The first-order valence-corrected chi connectivity index (χ1v) is 6.64. The second kappa shape index (κ2) is 7.05. The van der Waals surface area contributed by atoms with Gasteiger partial charge in [0.1, 0.15) is 0 Å². The van der Waals surface area contributed by atoms with Crippen molar-refractivity contribution in [1.29, 1.82) is 0 Å². The second-order valence-corrected chi connectivity index (χ2v) is 5.01. The molecule has 0 aliphatic carbocycles. The molecule has 0 aliphatic heterocycles. The standard InChI is InChI=1S/C13H21BrN2/c1-3-13(16(2)10-4-9-15)11-5-7-12(14)8-6-11/h5-8,13H,3-4,9-10,15H2,1-2H3. The molecule has 3 heteroatoms. The lowest BCUT2D eigenvalue weighted by Gasteiger charge is -2.27. The van der Waals surface area contributed by atoms with E-state index in [9.17, 15) is 0 Å². The molecule has 16 heavy (non-hydrogen) atoms. The van der Waals surface area contributed by atoms with Crippen LogP contribution in [0.25, 0.3) is 0 Å². The van der Waals surface area contributed by atoms with Crippen LogP contribution in [0.4, 0.5) is 0 Å². The number of hydrogen-bond acceptors (Lipinski definition) is 2. The zero-order valence-corrected chi connectivity index (χ0v) is 11.7. The van der Waals surface area contributed by atoms with Crippen LogP contribution in [0.5, 0.6) is 0 Å². The fraction of sp³-hybridized carbons (Fsp3) is 0.538. The van der Waals surface area contributed by atoms with Gasteiger partial charge in [0.25, 0.3) is 0 Å². The molecule has 90 valence electrons. The van der Waals surface area contributed by atoms with Crippen LogP contribution < -0.4 is 5.73 Å². The van der Waals surface area contributed by atoms with Crippen molar-refractivity contribution in [2.45, 2.75) is 25.8 Å². The van der Waals surface area contributed by atoms with E-state index in [0.717, 1.165) is 30.4 Å². The Labute approximate surface area is 107 Å². The lowest BCUT2D eigenvalue weighted by atomic mass is 10.0. The second-order valence-electron chi connectivity index (χ2n) is 4.10. The zero-order valence-electron chi connectivity index (χ0n) is 10.1. The molecule has 0 fully saturated rings. The minimum Gasteiger partial charge on any atom is -0.330 e. The SMILES string of the molecule is CCC(c1ccc(Br)cc1)N(C)CCCN. The van der Waals surface area contributed by atoms with Crippen molar-refractivity contribution in [3.8, 4) is 0 Å². The Morgan fingerprint density at radius 1 is 1.31 bits per heavy atom. The van der Waals surface area contributed by atoms with E-state index in [1.54, 1.807) is 0 Å². The summed E-state index contributed by atoms with van der Waals surface area (Å²) in [5.74, 6) is 0. The van der Waals surface area contributed by atoms with E-state index in [4.69, 9.17) is 5.73 Å². The van der Waals surface area contributed by atoms with Crippen LogP contribution in [0.2, 0.25) is 0 Å². The quantitative estimate of drug-likeness (QED) is 0.869. The molecule has 1 aromatic rings. The van der Waals surface area contributed by atoms with Gasteiger partial charge in [-0.05, 0) is 50.7 Å². The fourth-order valence-corrected chi connectivity index (χ4v) is 2.25. The van der Waals surface area contributed by atoms with Gasteiger partial charge in [-0.1, -0.05) is 35.0 Å². The van der Waals surface area contributed by atoms with Crippen LogP contribution in [-0.4, -0.2) is 25.0 Å². The third-order valence-corrected chi connectivity index (χ3v) is 3.42. The Balaban J connectivity index is 2.69. The Kier molecular flexibility index (Phi) is 6.03. The van der Waals surface area contributed by atoms with Crippen molar-refractivity contribution in [1.82, 2.24) is 4.90 Å². The topological polar surface area (TPSA) is 29.3 Å². The zero-order chi connectivity index (χ0) is 12.0. The van der Waals surface area contributed by atoms with Crippen molar-refractivity contribution in [3.63, 3.8) is 0 Å². The highest BCUT2D eigenvalue weighted by Gasteiger charge is 2.13. The fourth-order valence-electron chi connectivity index (χ4n) is 1.98. The van der Waals surface area contributed by atoms with Gasteiger partial charge in [0.2, 0.25) is 0 Å². The van der Waals surface area contributed by atoms with E-state index < -0.39 is 0 Å². The van der Waals surface area contributed by atoms with Gasteiger partial charge in [0, 0.05) is 10.5 Å². The molecule has 0 spiro atoms. The van der Waals surface area contributed by atoms with Gasteiger partial charge in [-0.2, -0.15) is 0 Å². The van der Waals surface area contributed by atoms with Crippen molar-refractivity contribution in [3.05, 3.63) is 34.3 Å². The molecule has 0 bridgehead atoms.